The fraction of sp³-hybridized carbons (Fsp3) is 0.462. The molecule has 5 heteroatoms. The van der Waals surface area contributed by atoms with Crippen molar-refractivity contribution in [1.29, 1.82) is 0 Å². The summed E-state index contributed by atoms with van der Waals surface area (Å²) in [6.45, 7) is 1.97. The first-order valence-electron chi connectivity index (χ1n) is 5.86. The van der Waals surface area contributed by atoms with Gasteiger partial charge in [0, 0.05) is 31.1 Å². The Morgan fingerprint density at radius 1 is 1.61 bits per heavy atom. The van der Waals surface area contributed by atoms with Crippen molar-refractivity contribution in [3.63, 3.8) is 0 Å². The van der Waals surface area contributed by atoms with E-state index in [-0.39, 0.29) is 11.5 Å². The minimum Gasteiger partial charge on any atom is -0.381 e. The van der Waals surface area contributed by atoms with Crippen molar-refractivity contribution in [2.24, 2.45) is 5.92 Å². The van der Waals surface area contributed by atoms with Crippen molar-refractivity contribution in [3.05, 3.63) is 34.6 Å². The third kappa shape index (κ3) is 3.00. The number of hydrogen-bond donors (Lipinski definition) is 0. The van der Waals surface area contributed by atoms with Crippen LogP contribution in [0.1, 0.15) is 16.8 Å². The average molecular weight is 272 g/mol. The van der Waals surface area contributed by atoms with Crippen LogP contribution in [0.5, 0.6) is 0 Å². The zero-order chi connectivity index (χ0) is 13.1. The molecule has 0 N–H and O–H groups in total. The quantitative estimate of drug-likeness (QED) is 0.846. The molecule has 0 saturated carbocycles. The summed E-state index contributed by atoms with van der Waals surface area (Å²) in [6.07, 6.45) is 0.940. The highest BCUT2D eigenvalue weighted by Crippen LogP contribution is 2.18. The first-order chi connectivity index (χ1) is 8.58. The minimum atomic E-state index is -0.543. The van der Waals surface area contributed by atoms with Crippen LogP contribution in [0.25, 0.3) is 0 Å². The summed E-state index contributed by atoms with van der Waals surface area (Å²) < 4.78 is 18.8. The Balaban J connectivity index is 2.07. The molecular formula is C13H15ClFNO2. The van der Waals surface area contributed by atoms with Gasteiger partial charge >= 0.3 is 0 Å². The third-order valence-corrected chi connectivity index (χ3v) is 3.30. The van der Waals surface area contributed by atoms with E-state index in [0.29, 0.717) is 24.1 Å². The van der Waals surface area contributed by atoms with Crippen LogP contribution in [0.3, 0.4) is 0 Å². The molecule has 98 valence electrons. The van der Waals surface area contributed by atoms with Crippen LogP contribution < -0.4 is 0 Å². The summed E-state index contributed by atoms with van der Waals surface area (Å²) in [7, 11) is 1.67. The highest BCUT2D eigenvalue weighted by Gasteiger charge is 2.22. The largest absolute Gasteiger partial charge is 0.381 e. The molecule has 18 heavy (non-hydrogen) atoms. The summed E-state index contributed by atoms with van der Waals surface area (Å²) in [6, 6.07) is 4.00. The van der Waals surface area contributed by atoms with Crippen molar-refractivity contribution in [2.75, 3.05) is 26.8 Å². The lowest BCUT2D eigenvalue weighted by Gasteiger charge is -2.20. The second-order valence-corrected chi connectivity index (χ2v) is 4.98. The van der Waals surface area contributed by atoms with E-state index in [9.17, 15) is 9.18 Å². The fourth-order valence-corrected chi connectivity index (χ4v) is 2.24. The zero-order valence-corrected chi connectivity index (χ0v) is 10.9. The number of nitrogens with zero attached hydrogens (tertiary/aromatic N) is 1. The molecule has 0 spiro atoms. The zero-order valence-electron chi connectivity index (χ0n) is 10.2. The predicted octanol–water partition coefficient (Wildman–Crippen LogP) is 2.59. The highest BCUT2D eigenvalue weighted by molar-refractivity contribution is 6.30. The van der Waals surface area contributed by atoms with Crippen LogP contribution in [0.2, 0.25) is 5.02 Å². The Morgan fingerprint density at radius 3 is 3.06 bits per heavy atom. The number of amides is 1. The Kier molecular flexibility index (Phi) is 4.19. The van der Waals surface area contributed by atoms with Crippen LogP contribution in [0.4, 0.5) is 4.39 Å². The smallest absolute Gasteiger partial charge is 0.256 e. The molecular weight excluding hydrogens is 257 g/mol. The van der Waals surface area contributed by atoms with Crippen LogP contribution in [-0.2, 0) is 4.74 Å². The third-order valence-electron chi connectivity index (χ3n) is 3.06. The molecule has 2 rings (SSSR count). The van der Waals surface area contributed by atoms with Crippen molar-refractivity contribution >= 4 is 17.5 Å². The SMILES string of the molecule is CN(CC1CCOC1)C(=O)c1cc(Cl)ccc1F. The second kappa shape index (κ2) is 5.67. The second-order valence-electron chi connectivity index (χ2n) is 4.54. The summed E-state index contributed by atoms with van der Waals surface area (Å²) in [5, 5.41) is 0.359. The molecule has 1 aliphatic rings. The summed E-state index contributed by atoms with van der Waals surface area (Å²) in [5.41, 5.74) is 0.0175. The molecule has 1 aromatic rings. The average Bonchev–Trinajstić information content (AvgIpc) is 2.84. The molecule has 1 unspecified atom stereocenters. The molecule has 1 heterocycles. The molecule has 0 radical (unpaired) electrons. The predicted molar refractivity (Wildman–Crippen MR) is 67.3 cm³/mol. The van der Waals surface area contributed by atoms with E-state index in [1.54, 1.807) is 7.05 Å². The van der Waals surface area contributed by atoms with Gasteiger partial charge in [-0.05, 0) is 24.6 Å². The first-order valence-corrected chi connectivity index (χ1v) is 6.24. The molecule has 0 bridgehead atoms. The minimum absolute atomic E-state index is 0.0175. The van der Waals surface area contributed by atoms with E-state index in [4.69, 9.17) is 16.3 Å². The normalized spacial score (nSPS) is 18.9. The van der Waals surface area contributed by atoms with Gasteiger partial charge in [0.1, 0.15) is 5.82 Å². The van der Waals surface area contributed by atoms with Gasteiger partial charge in [-0.2, -0.15) is 0 Å². The van der Waals surface area contributed by atoms with E-state index in [0.717, 1.165) is 13.0 Å². The number of halogens is 2. The van der Waals surface area contributed by atoms with Gasteiger partial charge in [0.15, 0.2) is 0 Å². The lowest BCUT2D eigenvalue weighted by Crippen LogP contribution is -2.32. The van der Waals surface area contributed by atoms with Crippen molar-refractivity contribution in [2.45, 2.75) is 6.42 Å². The first kappa shape index (κ1) is 13.3. The molecule has 1 fully saturated rings. The lowest BCUT2D eigenvalue weighted by atomic mass is 10.1. The summed E-state index contributed by atoms with van der Waals surface area (Å²) in [5.74, 6) is -0.554. The number of hydrogen-bond acceptors (Lipinski definition) is 2. The number of carbonyl (C=O) groups excluding carboxylic acids is 1. The Hall–Kier alpha value is -1.13. The molecule has 3 nitrogen and oxygen atoms in total. The van der Waals surface area contributed by atoms with Gasteiger partial charge in [-0.3, -0.25) is 4.79 Å². The molecule has 1 aromatic carbocycles. The van der Waals surface area contributed by atoms with Crippen LogP contribution in [0.15, 0.2) is 18.2 Å². The maximum absolute atomic E-state index is 13.6. The van der Waals surface area contributed by atoms with Crippen LogP contribution in [0, 0.1) is 11.7 Å². The van der Waals surface area contributed by atoms with Gasteiger partial charge < -0.3 is 9.64 Å². The van der Waals surface area contributed by atoms with Gasteiger partial charge in [-0.25, -0.2) is 4.39 Å². The van der Waals surface area contributed by atoms with Gasteiger partial charge in [0.25, 0.3) is 5.91 Å². The van der Waals surface area contributed by atoms with E-state index in [2.05, 4.69) is 0 Å². The fourth-order valence-electron chi connectivity index (χ4n) is 2.06. The van der Waals surface area contributed by atoms with Crippen molar-refractivity contribution in [3.8, 4) is 0 Å². The molecule has 0 aromatic heterocycles. The molecule has 0 aliphatic carbocycles. The monoisotopic (exact) mass is 271 g/mol. The number of carbonyl (C=O) groups is 1. The topological polar surface area (TPSA) is 29.5 Å². The van der Waals surface area contributed by atoms with Gasteiger partial charge in [-0.15, -0.1) is 0 Å². The van der Waals surface area contributed by atoms with Crippen LogP contribution in [-0.4, -0.2) is 37.6 Å². The number of benzene rings is 1. The molecule has 1 amide bonds. The summed E-state index contributed by atoms with van der Waals surface area (Å²) in [4.78, 5) is 13.6. The van der Waals surface area contributed by atoms with E-state index >= 15 is 0 Å². The van der Waals surface area contributed by atoms with Crippen molar-refractivity contribution in [1.82, 2.24) is 4.90 Å². The molecule has 1 saturated heterocycles. The highest BCUT2D eigenvalue weighted by atomic mass is 35.5. The standard InChI is InChI=1S/C13H15ClFNO2/c1-16(7-9-4-5-18-8-9)13(17)11-6-10(14)2-3-12(11)15/h2-3,6,9H,4-5,7-8H2,1H3. The summed E-state index contributed by atoms with van der Waals surface area (Å²) >= 11 is 5.78. The maximum atomic E-state index is 13.6. The van der Waals surface area contributed by atoms with Gasteiger partial charge in [-0.1, -0.05) is 11.6 Å². The number of rotatable bonds is 3. The lowest BCUT2D eigenvalue weighted by molar-refractivity contribution is 0.0761. The molecule has 1 aliphatic heterocycles. The van der Waals surface area contributed by atoms with E-state index < -0.39 is 5.82 Å². The van der Waals surface area contributed by atoms with E-state index in [1.807, 2.05) is 0 Å². The maximum Gasteiger partial charge on any atom is 0.256 e. The number of ether oxygens (including phenoxy) is 1. The molecule has 1 atom stereocenters. The Bertz CT molecular complexity index is 447. The Morgan fingerprint density at radius 2 is 2.39 bits per heavy atom. The van der Waals surface area contributed by atoms with Crippen LogP contribution >= 0.6 is 11.6 Å². The van der Waals surface area contributed by atoms with Crippen molar-refractivity contribution < 1.29 is 13.9 Å². The van der Waals surface area contributed by atoms with E-state index in [1.165, 1.54) is 23.1 Å². The Labute approximate surface area is 110 Å². The van der Waals surface area contributed by atoms with Gasteiger partial charge in [0.05, 0.1) is 12.2 Å². The van der Waals surface area contributed by atoms with Gasteiger partial charge in [0.2, 0.25) is 0 Å².